The van der Waals surface area contributed by atoms with Crippen molar-refractivity contribution in [3.8, 4) is 11.1 Å². The molecule has 2 aromatic heterocycles. The van der Waals surface area contributed by atoms with Crippen LogP contribution in [0.4, 0.5) is 19.0 Å². The Balaban J connectivity index is 2.29. The van der Waals surface area contributed by atoms with Gasteiger partial charge in [0.2, 0.25) is 0 Å². The van der Waals surface area contributed by atoms with Gasteiger partial charge in [0, 0.05) is 28.0 Å². The molecular formula is C15H12BF3N4O2. The number of halogens is 3. The van der Waals surface area contributed by atoms with E-state index < -0.39 is 19.0 Å². The summed E-state index contributed by atoms with van der Waals surface area (Å²) in [6.45, 7) is 1.66. The van der Waals surface area contributed by atoms with Gasteiger partial charge in [-0.1, -0.05) is 12.1 Å². The highest BCUT2D eigenvalue weighted by Gasteiger charge is 2.36. The standard InChI is InChI=1S/C15H12BF3N4O2/c1-7-11-4-8(2-3-10(11)14(20)23-22-7)12-5-9(16(24)25)6-21-13(12)15(17,18)19/h2-6,24-25H,1H3,(H2,20,23). The van der Waals surface area contributed by atoms with E-state index in [9.17, 15) is 23.2 Å². The highest BCUT2D eigenvalue weighted by atomic mass is 19.4. The lowest BCUT2D eigenvalue weighted by Crippen LogP contribution is -2.31. The van der Waals surface area contributed by atoms with Crippen LogP contribution in [0.25, 0.3) is 21.9 Å². The molecule has 6 nitrogen and oxygen atoms in total. The zero-order chi connectivity index (χ0) is 18.4. The molecule has 0 saturated carbocycles. The summed E-state index contributed by atoms with van der Waals surface area (Å²) in [7, 11) is -1.93. The molecule has 0 amide bonds. The number of benzene rings is 1. The van der Waals surface area contributed by atoms with Crippen molar-refractivity contribution in [3.05, 3.63) is 41.9 Å². The van der Waals surface area contributed by atoms with Crippen molar-refractivity contribution in [1.29, 1.82) is 0 Å². The van der Waals surface area contributed by atoms with E-state index in [1.54, 1.807) is 13.0 Å². The first-order chi connectivity index (χ1) is 11.7. The third-order valence-corrected chi connectivity index (χ3v) is 3.78. The number of pyridine rings is 1. The van der Waals surface area contributed by atoms with Gasteiger partial charge in [-0.25, -0.2) is 0 Å². The third-order valence-electron chi connectivity index (χ3n) is 3.78. The molecule has 10 heteroatoms. The van der Waals surface area contributed by atoms with Gasteiger partial charge in [0.05, 0.1) is 5.69 Å². The van der Waals surface area contributed by atoms with Gasteiger partial charge in [0.1, 0.15) is 0 Å². The van der Waals surface area contributed by atoms with Crippen LogP contribution < -0.4 is 11.2 Å². The number of fused-ring (bicyclic) bond motifs is 1. The molecule has 0 aliphatic heterocycles. The van der Waals surface area contributed by atoms with Crippen LogP contribution in [-0.2, 0) is 6.18 Å². The molecule has 1 aromatic carbocycles. The highest BCUT2D eigenvalue weighted by Crippen LogP contribution is 2.36. The molecule has 0 fully saturated rings. The lowest BCUT2D eigenvalue weighted by Gasteiger charge is -2.14. The summed E-state index contributed by atoms with van der Waals surface area (Å²) < 4.78 is 39.9. The van der Waals surface area contributed by atoms with Crippen molar-refractivity contribution in [2.24, 2.45) is 0 Å². The quantitative estimate of drug-likeness (QED) is 0.603. The van der Waals surface area contributed by atoms with Gasteiger partial charge in [-0.05, 0) is 24.6 Å². The zero-order valence-corrected chi connectivity index (χ0v) is 12.9. The number of nitrogens with two attached hydrogens (primary N) is 1. The van der Waals surface area contributed by atoms with Gasteiger partial charge in [0.25, 0.3) is 0 Å². The SMILES string of the molecule is Cc1nnc(N)c2ccc(-c3cc(B(O)O)cnc3C(F)(F)F)cc12. The van der Waals surface area contributed by atoms with Crippen LogP contribution in [0.1, 0.15) is 11.4 Å². The van der Waals surface area contributed by atoms with Gasteiger partial charge in [0.15, 0.2) is 11.5 Å². The van der Waals surface area contributed by atoms with E-state index >= 15 is 0 Å². The molecular weight excluding hydrogens is 336 g/mol. The molecule has 0 spiro atoms. The summed E-state index contributed by atoms with van der Waals surface area (Å²) in [6.07, 6.45) is -3.92. The number of anilines is 1. The van der Waals surface area contributed by atoms with Crippen LogP contribution in [0.2, 0.25) is 0 Å². The predicted octanol–water partition coefficient (Wildman–Crippen LogP) is 1.28. The van der Waals surface area contributed by atoms with E-state index in [0.717, 1.165) is 12.3 Å². The number of aromatic nitrogens is 3. The fourth-order valence-corrected chi connectivity index (χ4v) is 2.54. The summed E-state index contributed by atoms with van der Waals surface area (Å²) in [4.78, 5) is 3.37. The fraction of sp³-hybridized carbons (Fsp3) is 0.133. The van der Waals surface area contributed by atoms with Crippen LogP contribution in [0.15, 0.2) is 30.5 Å². The Hall–Kier alpha value is -2.72. The van der Waals surface area contributed by atoms with Crippen molar-refractivity contribution in [1.82, 2.24) is 15.2 Å². The minimum Gasteiger partial charge on any atom is -0.423 e. The van der Waals surface area contributed by atoms with Crippen LogP contribution in [0.5, 0.6) is 0 Å². The van der Waals surface area contributed by atoms with E-state index in [4.69, 9.17) is 5.73 Å². The Morgan fingerprint density at radius 1 is 1.08 bits per heavy atom. The molecule has 128 valence electrons. The van der Waals surface area contributed by atoms with Crippen LogP contribution in [0.3, 0.4) is 0 Å². The van der Waals surface area contributed by atoms with Gasteiger partial charge in [-0.15, -0.1) is 5.10 Å². The Morgan fingerprint density at radius 3 is 2.44 bits per heavy atom. The highest BCUT2D eigenvalue weighted by molar-refractivity contribution is 6.58. The van der Waals surface area contributed by atoms with E-state index in [1.165, 1.54) is 12.1 Å². The Labute approximate surface area is 140 Å². The van der Waals surface area contributed by atoms with Crippen LogP contribution >= 0.6 is 0 Å². The molecule has 0 atom stereocenters. The van der Waals surface area contributed by atoms with Gasteiger partial charge in [-0.2, -0.15) is 18.3 Å². The monoisotopic (exact) mass is 348 g/mol. The average molecular weight is 348 g/mol. The van der Waals surface area contributed by atoms with Crippen LogP contribution in [0, 0.1) is 6.92 Å². The van der Waals surface area contributed by atoms with E-state index in [1.807, 2.05) is 0 Å². The number of nitrogen functional groups attached to an aromatic ring is 1. The predicted molar refractivity (Wildman–Crippen MR) is 86.7 cm³/mol. The lowest BCUT2D eigenvalue weighted by molar-refractivity contribution is -0.140. The zero-order valence-electron chi connectivity index (χ0n) is 12.9. The number of hydrogen-bond acceptors (Lipinski definition) is 6. The van der Waals surface area contributed by atoms with Crippen molar-refractivity contribution in [2.75, 3.05) is 5.73 Å². The molecule has 0 saturated heterocycles. The maximum absolute atomic E-state index is 13.3. The summed E-state index contributed by atoms with van der Waals surface area (Å²) in [5.74, 6) is 0.167. The van der Waals surface area contributed by atoms with Crippen molar-refractivity contribution >= 4 is 29.2 Å². The molecule has 4 N–H and O–H groups in total. The molecule has 0 aliphatic carbocycles. The Morgan fingerprint density at radius 2 is 1.80 bits per heavy atom. The number of rotatable bonds is 2. The molecule has 0 unspecified atom stereocenters. The first-order valence-corrected chi connectivity index (χ1v) is 7.14. The normalized spacial score (nSPS) is 11.8. The Kier molecular flexibility index (Phi) is 4.09. The maximum atomic E-state index is 13.3. The van der Waals surface area contributed by atoms with Crippen LogP contribution in [-0.4, -0.2) is 32.3 Å². The second-order valence-corrected chi connectivity index (χ2v) is 5.47. The number of aryl methyl sites for hydroxylation is 1. The molecule has 3 rings (SSSR count). The maximum Gasteiger partial charge on any atom is 0.490 e. The van der Waals surface area contributed by atoms with E-state index in [0.29, 0.717) is 16.5 Å². The summed E-state index contributed by atoms with van der Waals surface area (Å²) in [5, 5.41) is 27.2. The van der Waals surface area contributed by atoms with E-state index in [-0.39, 0.29) is 22.4 Å². The molecule has 2 heterocycles. The Bertz CT molecular complexity index is 963. The largest absolute Gasteiger partial charge is 0.490 e. The number of nitrogens with zero attached hydrogens (tertiary/aromatic N) is 3. The van der Waals surface area contributed by atoms with Gasteiger partial charge in [-0.3, -0.25) is 4.98 Å². The molecule has 25 heavy (non-hydrogen) atoms. The minimum atomic E-state index is -4.70. The van der Waals surface area contributed by atoms with Crippen molar-refractivity contribution in [3.63, 3.8) is 0 Å². The molecule has 0 radical (unpaired) electrons. The number of hydrogen-bond donors (Lipinski definition) is 3. The van der Waals surface area contributed by atoms with Crippen molar-refractivity contribution < 1.29 is 23.2 Å². The smallest absolute Gasteiger partial charge is 0.423 e. The summed E-state index contributed by atoms with van der Waals surface area (Å²) in [6, 6.07) is 5.54. The van der Waals surface area contributed by atoms with E-state index in [2.05, 4.69) is 15.2 Å². The topological polar surface area (TPSA) is 105 Å². The fourth-order valence-electron chi connectivity index (χ4n) is 2.54. The third kappa shape index (κ3) is 3.13. The molecule has 3 aromatic rings. The second kappa shape index (κ2) is 5.98. The van der Waals surface area contributed by atoms with Crippen molar-refractivity contribution in [2.45, 2.75) is 13.1 Å². The average Bonchev–Trinajstić information content (AvgIpc) is 2.56. The summed E-state index contributed by atoms with van der Waals surface area (Å²) in [5.41, 5.74) is 4.91. The molecule has 0 bridgehead atoms. The van der Waals surface area contributed by atoms with Gasteiger partial charge < -0.3 is 15.8 Å². The van der Waals surface area contributed by atoms with Gasteiger partial charge >= 0.3 is 13.3 Å². The second-order valence-electron chi connectivity index (χ2n) is 5.47. The number of alkyl halides is 3. The summed E-state index contributed by atoms with van der Waals surface area (Å²) >= 11 is 0. The lowest BCUT2D eigenvalue weighted by atomic mass is 9.80. The first-order valence-electron chi connectivity index (χ1n) is 7.14. The first kappa shape index (κ1) is 17.1. The molecule has 0 aliphatic rings. The minimum absolute atomic E-state index is 0.146.